The molecule has 2 aromatic rings. The molecule has 1 fully saturated rings. The van der Waals surface area contributed by atoms with Gasteiger partial charge in [0.1, 0.15) is 6.54 Å². The van der Waals surface area contributed by atoms with Crippen LogP contribution in [0.15, 0.2) is 41.3 Å². The van der Waals surface area contributed by atoms with Crippen LogP contribution in [-0.4, -0.2) is 33.4 Å². The van der Waals surface area contributed by atoms with E-state index in [4.69, 9.17) is 11.6 Å². The molecule has 0 spiro atoms. The van der Waals surface area contributed by atoms with E-state index in [2.05, 4.69) is 5.32 Å². The van der Waals surface area contributed by atoms with Gasteiger partial charge in [0, 0.05) is 28.4 Å². The molecule has 1 aliphatic rings. The zero-order valence-corrected chi connectivity index (χ0v) is 17.5. The van der Waals surface area contributed by atoms with E-state index >= 15 is 0 Å². The number of benzene rings is 2. The van der Waals surface area contributed by atoms with Crippen LogP contribution in [0, 0.1) is 24.0 Å². The molecule has 0 unspecified atom stereocenters. The summed E-state index contributed by atoms with van der Waals surface area (Å²) in [6, 6.07) is 9.35. The van der Waals surface area contributed by atoms with Crippen molar-refractivity contribution in [2.75, 3.05) is 11.9 Å². The predicted octanol–water partition coefficient (Wildman–Crippen LogP) is 4.54. The SMILES string of the molecule is Cc1ccc(C)c(NC(=O)CN2C(=O)S/C(=C\c3cc([N+](=O)[O-])ccc3Cl)C2=O)c1. The van der Waals surface area contributed by atoms with E-state index in [1.165, 1.54) is 24.3 Å². The molecule has 3 amide bonds. The molecule has 30 heavy (non-hydrogen) atoms. The molecule has 0 aromatic heterocycles. The fraction of sp³-hybridized carbons (Fsp3) is 0.150. The Hall–Kier alpha value is -3.17. The van der Waals surface area contributed by atoms with Gasteiger partial charge in [0.05, 0.1) is 9.83 Å². The number of nitro benzene ring substituents is 1. The Morgan fingerprint density at radius 3 is 2.67 bits per heavy atom. The van der Waals surface area contributed by atoms with Crippen molar-refractivity contribution in [2.24, 2.45) is 0 Å². The van der Waals surface area contributed by atoms with Gasteiger partial charge in [0.15, 0.2) is 0 Å². The van der Waals surface area contributed by atoms with Gasteiger partial charge < -0.3 is 5.32 Å². The second-order valence-electron chi connectivity index (χ2n) is 6.60. The first-order chi connectivity index (χ1) is 14.2. The molecular formula is C20H16ClN3O5S. The average Bonchev–Trinajstić information content (AvgIpc) is 2.93. The summed E-state index contributed by atoms with van der Waals surface area (Å²) in [5.74, 6) is -1.18. The number of nitrogens with zero attached hydrogens (tertiary/aromatic N) is 2. The molecule has 2 aromatic carbocycles. The quantitative estimate of drug-likeness (QED) is 0.411. The lowest BCUT2D eigenvalue weighted by atomic mass is 10.1. The van der Waals surface area contributed by atoms with Crippen molar-refractivity contribution in [3.8, 4) is 0 Å². The molecule has 1 N–H and O–H groups in total. The summed E-state index contributed by atoms with van der Waals surface area (Å²) in [6.07, 6.45) is 1.31. The van der Waals surface area contributed by atoms with Gasteiger partial charge in [-0.1, -0.05) is 23.7 Å². The molecule has 0 bridgehead atoms. The number of halogens is 1. The Kier molecular flexibility index (Phi) is 6.23. The van der Waals surface area contributed by atoms with Crippen molar-refractivity contribution in [3.05, 3.63) is 73.1 Å². The smallest absolute Gasteiger partial charge is 0.294 e. The topological polar surface area (TPSA) is 110 Å². The Morgan fingerprint density at radius 2 is 1.97 bits per heavy atom. The molecule has 0 saturated carbocycles. The number of thioether (sulfide) groups is 1. The summed E-state index contributed by atoms with van der Waals surface area (Å²) in [5.41, 5.74) is 2.45. The highest BCUT2D eigenvalue weighted by Crippen LogP contribution is 2.34. The number of amides is 3. The summed E-state index contributed by atoms with van der Waals surface area (Å²) in [5, 5.41) is 13.2. The third kappa shape index (κ3) is 4.69. The Morgan fingerprint density at radius 1 is 1.23 bits per heavy atom. The van der Waals surface area contributed by atoms with Crippen LogP contribution in [0.2, 0.25) is 5.02 Å². The lowest BCUT2D eigenvalue weighted by Crippen LogP contribution is -2.36. The standard InChI is InChI=1S/C20H16ClN3O5S/c1-11-3-4-12(2)16(7-11)22-18(25)10-23-19(26)17(30-20(23)27)9-13-8-14(24(28)29)5-6-15(13)21/h3-9H,10H2,1-2H3,(H,22,25)/b17-9-. The lowest BCUT2D eigenvalue weighted by Gasteiger charge is -2.14. The van der Waals surface area contributed by atoms with Crippen LogP contribution in [-0.2, 0) is 9.59 Å². The number of imide groups is 1. The van der Waals surface area contributed by atoms with E-state index < -0.39 is 28.5 Å². The van der Waals surface area contributed by atoms with Crippen LogP contribution < -0.4 is 5.32 Å². The van der Waals surface area contributed by atoms with E-state index in [1.54, 1.807) is 6.07 Å². The van der Waals surface area contributed by atoms with Crippen LogP contribution in [0.25, 0.3) is 6.08 Å². The zero-order chi connectivity index (χ0) is 22.0. The summed E-state index contributed by atoms with van der Waals surface area (Å²) in [6.45, 7) is 3.27. The summed E-state index contributed by atoms with van der Waals surface area (Å²) >= 11 is 6.70. The Bertz CT molecular complexity index is 1120. The van der Waals surface area contributed by atoms with Crippen LogP contribution in [0.1, 0.15) is 16.7 Å². The maximum absolute atomic E-state index is 12.6. The number of carbonyl (C=O) groups is 3. The van der Waals surface area contributed by atoms with E-state index in [0.717, 1.165) is 16.0 Å². The minimum absolute atomic E-state index is 0.0296. The molecule has 3 rings (SSSR count). The Labute approximate surface area is 181 Å². The van der Waals surface area contributed by atoms with Crippen molar-refractivity contribution >= 4 is 57.9 Å². The van der Waals surface area contributed by atoms with Crippen molar-refractivity contribution in [1.82, 2.24) is 4.90 Å². The minimum atomic E-state index is -0.663. The molecule has 0 aliphatic carbocycles. The van der Waals surface area contributed by atoms with Crippen molar-refractivity contribution in [1.29, 1.82) is 0 Å². The van der Waals surface area contributed by atoms with Gasteiger partial charge in [-0.05, 0) is 54.9 Å². The van der Waals surface area contributed by atoms with Crippen LogP contribution in [0.5, 0.6) is 0 Å². The number of nitro groups is 1. The molecule has 1 saturated heterocycles. The summed E-state index contributed by atoms with van der Waals surface area (Å²) < 4.78 is 0. The van der Waals surface area contributed by atoms with Gasteiger partial charge in [-0.15, -0.1) is 0 Å². The van der Waals surface area contributed by atoms with Crippen LogP contribution in [0.4, 0.5) is 16.2 Å². The van der Waals surface area contributed by atoms with Gasteiger partial charge in [0.2, 0.25) is 5.91 Å². The van der Waals surface area contributed by atoms with Crippen LogP contribution in [0.3, 0.4) is 0 Å². The number of non-ortho nitro benzene ring substituents is 1. The van der Waals surface area contributed by atoms with Gasteiger partial charge in [0.25, 0.3) is 16.8 Å². The normalized spacial score (nSPS) is 15.0. The number of nitrogens with one attached hydrogen (secondary N) is 1. The number of carbonyl (C=O) groups excluding carboxylic acids is 3. The van der Waals surface area contributed by atoms with E-state index in [-0.39, 0.29) is 21.2 Å². The second kappa shape index (κ2) is 8.68. The highest BCUT2D eigenvalue weighted by atomic mass is 35.5. The number of hydrogen-bond acceptors (Lipinski definition) is 6. The van der Waals surface area contributed by atoms with Gasteiger partial charge in [-0.3, -0.25) is 29.4 Å². The number of aryl methyl sites for hydroxylation is 2. The first-order valence-electron chi connectivity index (χ1n) is 8.72. The third-order valence-corrected chi connectivity index (χ3v) is 5.57. The molecule has 10 heteroatoms. The minimum Gasteiger partial charge on any atom is -0.324 e. The molecule has 1 aliphatic heterocycles. The molecule has 0 atom stereocenters. The maximum atomic E-state index is 12.6. The highest BCUT2D eigenvalue weighted by Gasteiger charge is 2.36. The van der Waals surface area contributed by atoms with Crippen molar-refractivity contribution in [3.63, 3.8) is 0 Å². The maximum Gasteiger partial charge on any atom is 0.294 e. The van der Waals surface area contributed by atoms with Gasteiger partial charge in [-0.2, -0.15) is 0 Å². The first-order valence-corrected chi connectivity index (χ1v) is 9.91. The lowest BCUT2D eigenvalue weighted by molar-refractivity contribution is -0.384. The first kappa shape index (κ1) is 21.5. The van der Waals surface area contributed by atoms with Gasteiger partial charge in [-0.25, -0.2) is 0 Å². The highest BCUT2D eigenvalue weighted by molar-refractivity contribution is 8.18. The van der Waals surface area contributed by atoms with Crippen molar-refractivity contribution in [2.45, 2.75) is 13.8 Å². The second-order valence-corrected chi connectivity index (χ2v) is 8.00. The average molecular weight is 446 g/mol. The summed E-state index contributed by atoms with van der Waals surface area (Å²) in [4.78, 5) is 48.5. The monoisotopic (exact) mass is 445 g/mol. The molecule has 154 valence electrons. The number of rotatable bonds is 5. The molecule has 1 heterocycles. The number of anilines is 1. The number of hydrogen-bond donors (Lipinski definition) is 1. The van der Waals surface area contributed by atoms with E-state index in [0.29, 0.717) is 17.4 Å². The van der Waals surface area contributed by atoms with E-state index in [1.807, 2.05) is 26.0 Å². The van der Waals surface area contributed by atoms with Gasteiger partial charge >= 0.3 is 0 Å². The predicted molar refractivity (Wildman–Crippen MR) is 115 cm³/mol. The fourth-order valence-corrected chi connectivity index (χ4v) is 3.74. The van der Waals surface area contributed by atoms with E-state index in [9.17, 15) is 24.5 Å². The zero-order valence-electron chi connectivity index (χ0n) is 16.0. The molecule has 8 nitrogen and oxygen atoms in total. The fourth-order valence-electron chi connectivity index (χ4n) is 2.74. The van der Waals surface area contributed by atoms with Crippen LogP contribution >= 0.6 is 23.4 Å². The largest absolute Gasteiger partial charge is 0.324 e. The Balaban J connectivity index is 1.77. The molecular weight excluding hydrogens is 430 g/mol. The third-order valence-electron chi connectivity index (χ3n) is 4.32. The van der Waals surface area contributed by atoms with Crippen molar-refractivity contribution < 1.29 is 19.3 Å². The summed E-state index contributed by atoms with van der Waals surface area (Å²) in [7, 11) is 0. The molecule has 0 radical (unpaired) electrons.